The fourth-order valence-electron chi connectivity index (χ4n) is 2.09. The van der Waals surface area contributed by atoms with Crippen LogP contribution in [0.15, 0.2) is 12.2 Å². The van der Waals surface area contributed by atoms with Crippen LogP contribution in [0.2, 0.25) is 0 Å². The fraction of sp³-hybridized carbons (Fsp3) is 0.818. The van der Waals surface area contributed by atoms with Crippen molar-refractivity contribution in [1.29, 1.82) is 0 Å². The maximum Gasteiger partial charge on any atom is 0.00934 e. The first-order valence-corrected chi connectivity index (χ1v) is 5.21. The second-order valence-corrected chi connectivity index (χ2v) is 4.32. The molecule has 2 rings (SSSR count). The van der Waals surface area contributed by atoms with Gasteiger partial charge >= 0.3 is 0 Å². The summed E-state index contributed by atoms with van der Waals surface area (Å²) >= 11 is 0. The lowest BCUT2D eigenvalue weighted by Crippen LogP contribution is -2.28. The Balaban J connectivity index is 1.73. The van der Waals surface area contributed by atoms with E-state index >= 15 is 0 Å². The zero-order chi connectivity index (χ0) is 8.39. The van der Waals surface area contributed by atoms with E-state index in [9.17, 15) is 0 Å². The van der Waals surface area contributed by atoms with Crippen molar-refractivity contribution in [2.24, 2.45) is 5.92 Å². The van der Waals surface area contributed by atoms with Crippen molar-refractivity contribution in [2.45, 2.75) is 38.1 Å². The molecule has 0 N–H and O–H groups in total. The zero-order valence-electron chi connectivity index (χ0n) is 8.00. The van der Waals surface area contributed by atoms with Gasteiger partial charge in [0.2, 0.25) is 0 Å². The minimum Gasteiger partial charge on any atom is -0.303 e. The molecule has 12 heavy (non-hydrogen) atoms. The maximum absolute atomic E-state index is 2.56. The topological polar surface area (TPSA) is 3.24 Å². The van der Waals surface area contributed by atoms with Gasteiger partial charge in [0.25, 0.3) is 0 Å². The van der Waals surface area contributed by atoms with E-state index in [-0.39, 0.29) is 0 Å². The molecule has 0 aromatic carbocycles. The fourth-order valence-corrected chi connectivity index (χ4v) is 2.09. The lowest BCUT2D eigenvalue weighted by molar-refractivity contribution is 0.257. The van der Waals surface area contributed by atoms with E-state index < -0.39 is 0 Å². The lowest BCUT2D eigenvalue weighted by Gasteiger charge is -2.24. The van der Waals surface area contributed by atoms with Crippen molar-refractivity contribution in [1.82, 2.24) is 4.90 Å². The molecule has 0 amide bonds. The molecule has 0 heterocycles. The predicted molar refractivity (Wildman–Crippen MR) is 52.1 cm³/mol. The molecule has 0 aliphatic heterocycles. The van der Waals surface area contributed by atoms with Gasteiger partial charge in [-0.05, 0) is 45.1 Å². The van der Waals surface area contributed by atoms with Gasteiger partial charge < -0.3 is 4.90 Å². The molecule has 0 aromatic rings. The summed E-state index contributed by atoms with van der Waals surface area (Å²) in [5, 5.41) is 0. The molecule has 2 aliphatic rings. The number of rotatable bonds is 3. The van der Waals surface area contributed by atoms with E-state index in [1.807, 2.05) is 0 Å². The highest BCUT2D eigenvalue weighted by atomic mass is 15.2. The predicted octanol–water partition coefficient (Wildman–Crippen LogP) is 2.44. The summed E-state index contributed by atoms with van der Waals surface area (Å²) in [6.07, 6.45) is 11.6. The molecular weight excluding hydrogens is 146 g/mol. The molecule has 0 spiro atoms. The average Bonchev–Trinajstić information content (AvgIpc) is 2.88. The van der Waals surface area contributed by atoms with Crippen LogP contribution < -0.4 is 0 Å². The van der Waals surface area contributed by atoms with Gasteiger partial charge in [0, 0.05) is 12.6 Å². The highest BCUT2D eigenvalue weighted by molar-refractivity contribution is 4.92. The van der Waals surface area contributed by atoms with Crippen molar-refractivity contribution >= 4 is 0 Å². The molecule has 1 saturated carbocycles. The molecule has 0 radical (unpaired) electrons. The van der Waals surface area contributed by atoms with Crippen LogP contribution >= 0.6 is 0 Å². The molecule has 0 aromatic heterocycles. The Labute approximate surface area is 75.4 Å². The highest BCUT2D eigenvalue weighted by Gasteiger charge is 2.27. The first-order chi connectivity index (χ1) is 5.86. The maximum atomic E-state index is 2.56. The van der Waals surface area contributed by atoms with Crippen LogP contribution in [-0.4, -0.2) is 24.5 Å². The Hall–Kier alpha value is -0.300. The molecule has 1 fully saturated rings. The second-order valence-electron chi connectivity index (χ2n) is 4.32. The van der Waals surface area contributed by atoms with Gasteiger partial charge in [0.05, 0.1) is 0 Å². The first-order valence-electron chi connectivity index (χ1n) is 5.21. The van der Waals surface area contributed by atoms with Crippen LogP contribution in [-0.2, 0) is 0 Å². The average molecular weight is 165 g/mol. The largest absolute Gasteiger partial charge is 0.303 e. The summed E-state index contributed by atoms with van der Waals surface area (Å²) in [6.45, 7) is 1.33. The summed E-state index contributed by atoms with van der Waals surface area (Å²) in [5.41, 5.74) is 0. The Morgan fingerprint density at radius 3 is 2.67 bits per heavy atom. The minimum absolute atomic E-state index is 0.941. The van der Waals surface area contributed by atoms with Crippen molar-refractivity contribution in [3.05, 3.63) is 12.2 Å². The Morgan fingerprint density at radius 2 is 2.08 bits per heavy atom. The van der Waals surface area contributed by atoms with Gasteiger partial charge in [-0.15, -0.1) is 0 Å². The highest BCUT2D eigenvalue weighted by Crippen LogP contribution is 2.28. The Kier molecular flexibility index (Phi) is 2.50. The van der Waals surface area contributed by atoms with E-state index in [1.54, 1.807) is 0 Å². The van der Waals surface area contributed by atoms with Crippen molar-refractivity contribution in [3.63, 3.8) is 0 Å². The van der Waals surface area contributed by atoms with Crippen molar-refractivity contribution in [3.8, 4) is 0 Å². The van der Waals surface area contributed by atoms with Gasteiger partial charge in [-0.3, -0.25) is 0 Å². The Morgan fingerprint density at radius 1 is 1.25 bits per heavy atom. The molecular formula is C11H19N. The van der Waals surface area contributed by atoms with Crippen LogP contribution in [0, 0.1) is 5.92 Å². The molecule has 1 nitrogen and oxygen atoms in total. The molecule has 2 aliphatic carbocycles. The number of allylic oxidation sites excluding steroid dienone is 2. The SMILES string of the molecule is CN(CC1CC=CCC1)C1CC1. The van der Waals surface area contributed by atoms with Crippen LogP contribution in [0.25, 0.3) is 0 Å². The standard InChI is InChI=1S/C11H19N/c1-12(11-7-8-11)9-10-5-3-2-4-6-10/h2-3,10-11H,4-9H2,1H3. The normalized spacial score (nSPS) is 29.7. The molecule has 1 heteroatoms. The second kappa shape index (κ2) is 3.61. The summed E-state index contributed by atoms with van der Waals surface area (Å²) in [4.78, 5) is 2.56. The molecule has 1 unspecified atom stereocenters. The monoisotopic (exact) mass is 165 g/mol. The van der Waals surface area contributed by atoms with Crippen molar-refractivity contribution in [2.75, 3.05) is 13.6 Å². The van der Waals surface area contributed by atoms with E-state index in [0.29, 0.717) is 0 Å². The lowest BCUT2D eigenvalue weighted by atomic mass is 9.94. The summed E-state index contributed by atoms with van der Waals surface area (Å²) < 4.78 is 0. The summed E-state index contributed by atoms with van der Waals surface area (Å²) in [5.74, 6) is 0.945. The Bertz CT molecular complexity index is 170. The van der Waals surface area contributed by atoms with Gasteiger partial charge in [-0.1, -0.05) is 12.2 Å². The summed E-state index contributed by atoms with van der Waals surface area (Å²) in [7, 11) is 2.29. The van der Waals surface area contributed by atoms with Gasteiger partial charge in [0.1, 0.15) is 0 Å². The smallest absolute Gasteiger partial charge is 0.00934 e. The molecule has 0 bridgehead atoms. The zero-order valence-corrected chi connectivity index (χ0v) is 8.00. The molecule has 0 saturated heterocycles. The minimum atomic E-state index is 0.941. The quantitative estimate of drug-likeness (QED) is 0.581. The first kappa shape index (κ1) is 8.31. The van der Waals surface area contributed by atoms with E-state index in [1.165, 1.54) is 38.6 Å². The number of hydrogen-bond acceptors (Lipinski definition) is 1. The van der Waals surface area contributed by atoms with Gasteiger partial charge in [-0.25, -0.2) is 0 Å². The van der Waals surface area contributed by atoms with Crippen LogP contribution in [0.3, 0.4) is 0 Å². The number of hydrogen-bond donors (Lipinski definition) is 0. The van der Waals surface area contributed by atoms with Crippen LogP contribution in [0.1, 0.15) is 32.1 Å². The van der Waals surface area contributed by atoms with E-state index in [4.69, 9.17) is 0 Å². The van der Waals surface area contributed by atoms with Crippen LogP contribution in [0.5, 0.6) is 0 Å². The van der Waals surface area contributed by atoms with Gasteiger partial charge in [-0.2, -0.15) is 0 Å². The third-order valence-electron chi connectivity index (χ3n) is 3.09. The van der Waals surface area contributed by atoms with Gasteiger partial charge in [0.15, 0.2) is 0 Å². The number of nitrogens with zero attached hydrogens (tertiary/aromatic N) is 1. The van der Waals surface area contributed by atoms with E-state index in [0.717, 1.165) is 12.0 Å². The molecule has 68 valence electrons. The van der Waals surface area contributed by atoms with Crippen molar-refractivity contribution < 1.29 is 0 Å². The van der Waals surface area contributed by atoms with E-state index in [2.05, 4.69) is 24.1 Å². The van der Waals surface area contributed by atoms with Crippen LogP contribution in [0.4, 0.5) is 0 Å². The summed E-state index contributed by atoms with van der Waals surface area (Å²) in [6, 6.07) is 0.941. The third kappa shape index (κ3) is 2.10. The molecule has 1 atom stereocenters. The third-order valence-corrected chi connectivity index (χ3v) is 3.09.